The molecule has 2 heterocycles. The summed E-state index contributed by atoms with van der Waals surface area (Å²) in [7, 11) is 0. The Morgan fingerprint density at radius 1 is 1.32 bits per heavy atom. The number of carbonyl (C=O) groups excluding carboxylic acids is 1. The lowest BCUT2D eigenvalue weighted by Crippen LogP contribution is -2.42. The second-order valence-electron chi connectivity index (χ2n) is 5.98. The van der Waals surface area contributed by atoms with Crippen molar-refractivity contribution in [1.82, 2.24) is 4.98 Å². The number of primary amides is 1. The minimum absolute atomic E-state index is 0.179. The Morgan fingerprint density at radius 2 is 2.00 bits per heavy atom. The van der Waals surface area contributed by atoms with Crippen LogP contribution in [-0.2, 0) is 11.8 Å². The third kappa shape index (κ3) is 3.62. The standard InChI is InChI=1S/C16H16F3N3O2S/c17-16(18,19)11-3-1-2-10(8-11)15(24)4-6-22(7-5-15)14-21-12(9-25-14)13(20)23/h1-3,8-9,24H,4-7H2,(H2,20,23). The molecule has 3 rings (SSSR count). The SMILES string of the molecule is NC(=O)c1csc(N2CCC(O)(c3cccc(C(F)(F)F)c3)CC2)n1. The maximum atomic E-state index is 12.9. The summed E-state index contributed by atoms with van der Waals surface area (Å²) in [6.07, 6.45) is -3.92. The summed E-state index contributed by atoms with van der Waals surface area (Å²) in [5.41, 5.74) is 3.53. The van der Waals surface area contributed by atoms with Crippen LogP contribution in [0.25, 0.3) is 0 Å². The minimum atomic E-state index is -4.45. The summed E-state index contributed by atoms with van der Waals surface area (Å²) in [4.78, 5) is 17.1. The van der Waals surface area contributed by atoms with Crippen molar-refractivity contribution in [1.29, 1.82) is 0 Å². The quantitative estimate of drug-likeness (QED) is 0.870. The molecule has 0 aliphatic carbocycles. The number of piperidine rings is 1. The number of nitrogens with two attached hydrogens (primary N) is 1. The molecule has 9 heteroatoms. The first-order valence-corrected chi connectivity index (χ1v) is 8.47. The van der Waals surface area contributed by atoms with Crippen molar-refractivity contribution in [2.75, 3.05) is 18.0 Å². The van der Waals surface area contributed by atoms with Gasteiger partial charge in [-0.3, -0.25) is 4.79 Å². The lowest BCUT2D eigenvalue weighted by atomic mass is 9.84. The van der Waals surface area contributed by atoms with E-state index in [1.54, 1.807) is 5.38 Å². The smallest absolute Gasteiger partial charge is 0.385 e. The second kappa shape index (κ2) is 6.30. The maximum absolute atomic E-state index is 12.9. The lowest BCUT2D eigenvalue weighted by molar-refractivity contribution is -0.137. The Balaban J connectivity index is 1.75. The summed E-state index contributed by atoms with van der Waals surface area (Å²) in [6, 6.07) is 4.81. The van der Waals surface area contributed by atoms with Gasteiger partial charge in [0.2, 0.25) is 0 Å². The van der Waals surface area contributed by atoms with Crippen molar-refractivity contribution >= 4 is 22.4 Å². The third-order valence-electron chi connectivity index (χ3n) is 4.33. The van der Waals surface area contributed by atoms with Gasteiger partial charge in [-0.05, 0) is 30.5 Å². The van der Waals surface area contributed by atoms with Gasteiger partial charge in [0.05, 0.1) is 11.2 Å². The van der Waals surface area contributed by atoms with E-state index in [9.17, 15) is 23.1 Å². The summed E-state index contributed by atoms with van der Waals surface area (Å²) in [6.45, 7) is 0.830. The van der Waals surface area contributed by atoms with Crippen LogP contribution in [0.15, 0.2) is 29.6 Å². The average molecular weight is 371 g/mol. The summed E-state index contributed by atoms with van der Waals surface area (Å²) < 4.78 is 38.6. The number of alkyl halides is 3. The van der Waals surface area contributed by atoms with Gasteiger partial charge >= 0.3 is 6.18 Å². The zero-order valence-corrected chi connectivity index (χ0v) is 13.9. The van der Waals surface area contributed by atoms with E-state index in [1.807, 2.05) is 4.90 Å². The second-order valence-corrected chi connectivity index (χ2v) is 6.81. The molecule has 3 N–H and O–H groups in total. The molecule has 1 fully saturated rings. The highest BCUT2D eigenvalue weighted by Gasteiger charge is 2.37. The topological polar surface area (TPSA) is 79.5 Å². The number of aliphatic hydroxyl groups is 1. The van der Waals surface area contributed by atoms with E-state index >= 15 is 0 Å². The molecule has 1 amide bonds. The zero-order valence-electron chi connectivity index (χ0n) is 13.1. The van der Waals surface area contributed by atoms with E-state index < -0.39 is 23.2 Å². The fraction of sp³-hybridized carbons (Fsp3) is 0.375. The number of benzene rings is 1. The van der Waals surface area contributed by atoms with E-state index in [1.165, 1.54) is 23.5 Å². The van der Waals surface area contributed by atoms with Crippen molar-refractivity contribution in [3.8, 4) is 0 Å². The lowest BCUT2D eigenvalue weighted by Gasteiger charge is -2.38. The minimum Gasteiger partial charge on any atom is -0.385 e. The van der Waals surface area contributed by atoms with Crippen LogP contribution in [-0.4, -0.2) is 29.1 Å². The van der Waals surface area contributed by atoms with Gasteiger partial charge in [-0.25, -0.2) is 4.98 Å². The van der Waals surface area contributed by atoms with Gasteiger partial charge in [-0.15, -0.1) is 11.3 Å². The van der Waals surface area contributed by atoms with Gasteiger partial charge in [0.15, 0.2) is 5.13 Å². The molecule has 1 aromatic heterocycles. The molecule has 0 unspecified atom stereocenters. The number of anilines is 1. The number of aromatic nitrogens is 1. The molecule has 0 radical (unpaired) electrons. The number of nitrogens with zero attached hydrogens (tertiary/aromatic N) is 2. The van der Waals surface area contributed by atoms with Gasteiger partial charge < -0.3 is 15.7 Å². The van der Waals surface area contributed by atoms with Crippen molar-refractivity contribution in [2.24, 2.45) is 5.73 Å². The van der Waals surface area contributed by atoms with E-state index in [-0.39, 0.29) is 24.1 Å². The molecule has 2 aromatic rings. The Morgan fingerprint density at radius 3 is 2.56 bits per heavy atom. The molecule has 25 heavy (non-hydrogen) atoms. The van der Waals surface area contributed by atoms with E-state index in [4.69, 9.17) is 5.73 Å². The fourth-order valence-electron chi connectivity index (χ4n) is 2.86. The zero-order chi connectivity index (χ0) is 18.2. The molecule has 0 spiro atoms. The summed E-state index contributed by atoms with van der Waals surface area (Å²) in [5.74, 6) is -0.611. The summed E-state index contributed by atoms with van der Waals surface area (Å²) in [5, 5.41) is 13.0. The van der Waals surface area contributed by atoms with Gasteiger partial charge in [0.1, 0.15) is 5.69 Å². The molecule has 0 bridgehead atoms. The van der Waals surface area contributed by atoms with Crippen LogP contribution in [0.1, 0.15) is 34.5 Å². The monoisotopic (exact) mass is 371 g/mol. The van der Waals surface area contributed by atoms with Crippen molar-refractivity contribution < 1.29 is 23.1 Å². The highest BCUT2D eigenvalue weighted by atomic mass is 32.1. The van der Waals surface area contributed by atoms with Crippen LogP contribution in [0, 0.1) is 0 Å². The number of carbonyl (C=O) groups is 1. The highest BCUT2D eigenvalue weighted by Crippen LogP contribution is 2.38. The van der Waals surface area contributed by atoms with Gasteiger partial charge in [-0.2, -0.15) is 13.2 Å². The molecule has 1 aliphatic heterocycles. The maximum Gasteiger partial charge on any atom is 0.416 e. The Kier molecular flexibility index (Phi) is 4.46. The van der Waals surface area contributed by atoms with Crippen LogP contribution in [0.2, 0.25) is 0 Å². The average Bonchev–Trinajstić information content (AvgIpc) is 3.05. The van der Waals surface area contributed by atoms with Gasteiger partial charge in [0.25, 0.3) is 5.91 Å². The Bertz CT molecular complexity index is 783. The predicted octanol–water partition coefficient (Wildman–Crippen LogP) is 2.75. The van der Waals surface area contributed by atoms with Crippen LogP contribution in [0.4, 0.5) is 18.3 Å². The largest absolute Gasteiger partial charge is 0.416 e. The fourth-order valence-corrected chi connectivity index (χ4v) is 3.73. The first-order chi connectivity index (χ1) is 11.7. The molecule has 1 aromatic carbocycles. The molecule has 0 saturated carbocycles. The number of hydrogen-bond acceptors (Lipinski definition) is 5. The Hall–Kier alpha value is -2.13. The Labute approximate surface area is 145 Å². The number of rotatable bonds is 3. The number of halogens is 3. The molecule has 0 atom stereocenters. The molecule has 134 valence electrons. The first kappa shape index (κ1) is 17.7. The third-order valence-corrected chi connectivity index (χ3v) is 5.23. The number of amides is 1. The molecule has 5 nitrogen and oxygen atoms in total. The van der Waals surface area contributed by atoms with Crippen LogP contribution < -0.4 is 10.6 Å². The first-order valence-electron chi connectivity index (χ1n) is 7.59. The molecule has 1 aliphatic rings. The number of thiazole rings is 1. The van der Waals surface area contributed by atoms with E-state index in [0.29, 0.717) is 18.2 Å². The number of hydrogen-bond donors (Lipinski definition) is 2. The van der Waals surface area contributed by atoms with Crippen molar-refractivity contribution in [3.63, 3.8) is 0 Å². The van der Waals surface area contributed by atoms with Crippen molar-refractivity contribution in [2.45, 2.75) is 24.6 Å². The van der Waals surface area contributed by atoms with E-state index in [2.05, 4.69) is 4.98 Å². The van der Waals surface area contributed by atoms with Crippen LogP contribution >= 0.6 is 11.3 Å². The normalized spacial score (nSPS) is 17.5. The van der Waals surface area contributed by atoms with E-state index in [0.717, 1.165) is 12.1 Å². The van der Waals surface area contributed by atoms with Crippen LogP contribution in [0.5, 0.6) is 0 Å². The molecule has 1 saturated heterocycles. The van der Waals surface area contributed by atoms with Gasteiger partial charge in [-0.1, -0.05) is 12.1 Å². The van der Waals surface area contributed by atoms with Gasteiger partial charge in [0, 0.05) is 18.5 Å². The predicted molar refractivity (Wildman–Crippen MR) is 87.4 cm³/mol. The van der Waals surface area contributed by atoms with Crippen molar-refractivity contribution in [3.05, 3.63) is 46.5 Å². The molecular weight excluding hydrogens is 355 g/mol. The highest BCUT2D eigenvalue weighted by molar-refractivity contribution is 7.13. The van der Waals surface area contributed by atoms with Crippen LogP contribution in [0.3, 0.4) is 0 Å². The molecular formula is C16H16F3N3O2S. The summed E-state index contributed by atoms with van der Waals surface area (Å²) >= 11 is 1.27.